The highest BCUT2D eigenvalue weighted by atomic mass is 19.4. The molecule has 2 aromatic carbocycles. The van der Waals surface area contributed by atoms with Crippen molar-refractivity contribution in [1.82, 2.24) is 9.80 Å². The number of nitrogens with zero attached hydrogens (tertiary/aromatic N) is 3. The minimum absolute atomic E-state index is 0.0165. The van der Waals surface area contributed by atoms with Crippen molar-refractivity contribution in [3.8, 4) is 5.75 Å². The average molecular weight is 648 g/mol. The molecule has 11 heteroatoms. The number of carbonyl (C=O) groups excluding carboxylic acids is 1. The van der Waals surface area contributed by atoms with Crippen LogP contribution in [0, 0.1) is 0 Å². The number of halogens is 4. The van der Waals surface area contributed by atoms with Crippen molar-refractivity contribution in [3.63, 3.8) is 0 Å². The van der Waals surface area contributed by atoms with Crippen molar-refractivity contribution in [1.29, 1.82) is 0 Å². The van der Waals surface area contributed by atoms with Gasteiger partial charge in [-0.3, -0.25) is 14.5 Å². The van der Waals surface area contributed by atoms with Crippen molar-refractivity contribution < 1.29 is 37.0 Å². The number of anilines is 1. The molecule has 252 valence electrons. The first kappa shape index (κ1) is 34.0. The number of amides is 1. The van der Waals surface area contributed by atoms with Gasteiger partial charge in [-0.25, -0.2) is 4.39 Å². The third kappa shape index (κ3) is 6.99. The normalized spacial score (nSPS) is 25.7. The Labute approximate surface area is 268 Å². The Balaban J connectivity index is 1.44. The molecular weight excluding hydrogens is 602 g/mol. The molecule has 2 heterocycles. The van der Waals surface area contributed by atoms with Gasteiger partial charge in [-0.15, -0.1) is 0 Å². The molecule has 0 unspecified atom stereocenters. The van der Waals surface area contributed by atoms with Gasteiger partial charge in [-0.1, -0.05) is 38.0 Å². The minimum atomic E-state index is -4.55. The van der Waals surface area contributed by atoms with Gasteiger partial charge >= 0.3 is 12.1 Å². The van der Waals surface area contributed by atoms with E-state index in [1.165, 1.54) is 6.07 Å². The predicted octanol–water partition coefficient (Wildman–Crippen LogP) is 6.86. The van der Waals surface area contributed by atoms with Crippen LogP contribution in [0.25, 0.3) is 0 Å². The highest BCUT2D eigenvalue weighted by Gasteiger charge is 2.57. The van der Waals surface area contributed by atoms with E-state index in [2.05, 4.69) is 4.90 Å². The summed E-state index contributed by atoms with van der Waals surface area (Å²) in [7, 11) is 3.22. The third-order valence-electron chi connectivity index (χ3n) is 10.4. The lowest BCUT2D eigenvalue weighted by molar-refractivity contribution is -0.145. The Morgan fingerprint density at radius 3 is 2.39 bits per heavy atom. The number of carbonyl (C=O) groups is 2. The fourth-order valence-electron chi connectivity index (χ4n) is 7.82. The van der Waals surface area contributed by atoms with Crippen molar-refractivity contribution in [2.45, 2.75) is 94.1 Å². The standard InChI is InChI=1S/C35H45F4N3O4/c1-4-26-18-24(29-16-13-25(35(37,38)39)19-31(29)40(2)17-7-10-32(43)44)20-42(26)33(45)34(36)22-41(27-8-5-6-9-27)21-30(34)23-11-14-28(46-3)15-12-23/h11-16,19,24,26-27,30H,4-10,17-18,20-22H2,1-3H3,(H,43,44)/t24-,26-,30+,34+/m1/s1. The van der Waals surface area contributed by atoms with Gasteiger partial charge in [-0.2, -0.15) is 13.2 Å². The summed E-state index contributed by atoms with van der Waals surface area (Å²) >= 11 is 0. The first-order valence-electron chi connectivity index (χ1n) is 16.4. The van der Waals surface area contributed by atoms with Gasteiger partial charge in [-0.05, 0) is 67.5 Å². The topological polar surface area (TPSA) is 73.3 Å². The summed E-state index contributed by atoms with van der Waals surface area (Å²) in [5.74, 6) is -1.83. The van der Waals surface area contributed by atoms with Crippen LogP contribution in [0.5, 0.6) is 5.75 Å². The number of ether oxygens (including phenoxy) is 1. The molecule has 1 aliphatic carbocycles. The number of rotatable bonds is 11. The molecule has 4 atom stereocenters. The van der Waals surface area contributed by atoms with E-state index in [4.69, 9.17) is 9.84 Å². The van der Waals surface area contributed by atoms with Crippen LogP contribution < -0.4 is 9.64 Å². The largest absolute Gasteiger partial charge is 0.497 e. The molecule has 3 fully saturated rings. The molecule has 2 saturated heterocycles. The summed E-state index contributed by atoms with van der Waals surface area (Å²) in [5.41, 5.74) is -1.20. The number of carboxylic acid groups (broad SMARTS) is 1. The zero-order valence-electron chi connectivity index (χ0n) is 26.9. The smallest absolute Gasteiger partial charge is 0.416 e. The van der Waals surface area contributed by atoms with E-state index >= 15 is 4.39 Å². The third-order valence-corrected chi connectivity index (χ3v) is 10.4. The molecule has 2 aliphatic heterocycles. The summed E-state index contributed by atoms with van der Waals surface area (Å²) in [6.07, 6.45) is 0.850. The summed E-state index contributed by atoms with van der Waals surface area (Å²) in [4.78, 5) is 31.0. The highest BCUT2D eigenvalue weighted by Crippen LogP contribution is 2.47. The monoisotopic (exact) mass is 647 g/mol. The first-order valence-corrected chi connectivity index (χ1v) is 16.4. The summed E-state index contributed by atoms with van der Waals surface area (Å²) in [5, 5.41) is 9.07. The molecule has 1 saturated carbocycles. The highest BCUT2D eigenvalue weighted by molar-refractivity contribution is 5.88. The van der Waals surface area contributed by atoms with Crippen LogP contribution in [-0.4, -0.2) is 84.9 Å². The van der Waals surface area contributed by atoms with Gasteiger partial charge in [0.05, 0.1) is 12.7 Å². The van der Waals surface area contributed by atoms with Crippen LogP contribution in [0.3, 0.4) is 0 Å². The van der Waals surface area contributed by atoms with E-state index in [1.807, 2.05) is 19.1 Å². The molecule has 1 amide bonds. The van der Waals surface area contributed by atoms with Crippen LogP contribution in [0.1, 0.15) is 86.8 Å². The van der Waals surface area contributed by atoms with Crippen molar-refractivity contribution in [2.24, 2.45) is 0 Å². The van der Waals surface area contributed by atoms with E-state index in [1.54, 1.807) is 36.1 Å². The van der Waals surface area contributed by atoms with E-state index in [0.29, 0.717) is 36.4 Å². The molecule has 1 N–H and O–H groups in total. The van der Waals surface area contributed by atoms with Crippen molar-refractivity contribution in [2.75, 3.05) is 45.2 Å². The van der Waals surface area contributed by atoms with Crippen molar-refractivity contribution in [3.05, 3.63) is 59.2 Å². The minimum Gasteiger partial charge on any atom is -0.497 e. The van der Waals surface area contributed by atoms with Gasteiger partial charge in [0, 0.05) is 69.3 Å². The van der Waals surface area contributed by atoms with E-state index in [-0.39, 0.29) is 50.5 Å². The number of hydrogen-bond donors (Lipinski definition) is 1. The van der Waals surface area contributed by atoms with Crippen LogP contribution >= 0.6 is 0 Å². The second kappa shape index (κ2) is 13.8. The average Bonchev–Trinajstić information content (AvgIpc) is 3.79. The predicted molar refractivity (Wildman–Crippen MR) is 168 cm³/mol. The van der Waals surface area contributed by atoms with Gasteiger partial charge in [0.1, 0.15) is 5.75 Å². The van der Waals surface area contributed by atoms with Crippen LogP contribution in [-0.2, 0) is 15.8 Å². The molecule has 0 bridgehead atoms. The van der Waals surface area contributed by atoms with Gasteiger partial charge < -0.3 is 19.6 Å². The number of aliphatic carboxylic acids is 1. The number of carboxylic acids is 1. The molecule has 7 nitrogen and oxygen atoms in total. The second-order valence-electron chi connectivity index (χ2n) is 13.2. The van der Waals surface area contributed by atoms with Crippen LogP contribution in [0.2, 0.25) is 0 Å². The SMILES string of the molecule is CC[C@@H]1C[C@@H](c2ccc(C(F)(F)F)cc2N(C)CCCC(=O)O)CN1C(=O)[C@]1(F)CN(C2CCCC2)C[C@H]1c1ccc(OC)cc1. The molecule has 3 aliphatic rings. The zero-order valence-corrected chi connectivity index (χ0v) is 26.9. The molecule has 0 aromatic heterocycles. The summed E-state index contributed by atoms with van der Waals surface area (Å²) < 4.78 is 64.2. The Hall–Kier alpha value is -3.34. The maximum absolute atomic E-state index is 17.6. The Kier molecular flexibility index (Phi) is 10.2. The number of hydrogen-bond acceptors (Lipinski definition) is 5. The molecule has 5 rings (SSSR count). The molecular formula is C35H45F4N3O4. The quantitative estimate of drug-likeness (QED) is 0.269. The number of benzene rings is 2. The lowest BCUT2D eigenvalue weighted by atomic mass is 9.85. The van der Waals surface area contributed by atoms with Gasteiger partial charge in [0.2, 0.25) is 5.67 Å². The van der Waals surface area contributed by atoms with Crippen LogP contribution in [0.4, 0.5) is 23.2 Å². The maximum atomic E-state index is 17.6. The second-order valence-corrected chi connectivity index (χ2v) is 13.2. The number of methoxy groups -OCH3 is 1. The molecule has 0 radical (unpaired) electrons. The summed E-state index contributed by atoms with van der Waals surface area (Å²) in [6.45, 7) is 2.86. The summed E-state index contributed by atoms with van der Waals surface area (Å²) in [6, 6.07) is 10.9. The molecule has 0 spiro atoms. The van der Waals surface area contributed by atoms with Crippen LogP contribution in [0.15, 0.2) is 42.5 Å². The fraction of sp³-hybridized carbons (Fsp3) is 0.600. The van der Waals surface area contributed by atoms with Gasteiger partial charge in [0.25, 0.3) is 5.91 Å². The Bertz CT molecular complexity index is 1380. The zero-order chi connectivity index (χ0) is 33.2. The number of likely N-dealkylation sites (tertiary alicyclic amines) is 2. The van der Waals surface area contributed by atoms with E-state index in [0.717, 1.165) is 43.4 Å². The lowest BCUT2D eigenvalue weighted by Crippen LogP contribution is -2.52. The molecule has 46 heavy (non-hydrogen) atoms. The molecule has 2 aromatic rings. The van der Waals surface area contributed by atoms with E-state index < -0.39 is 35.2 Å². The number of alkyl halides is 4. The first-order chi connectivity index (χ1) is 21.8. The Morgan fingerprint density at radius 1 is 1.09 bits per heavy atom. The Morgan fingerprint density at radius 2 is 1.78 bits per heavy atom. The van der Waals surface area contributed by atoms with Crippen molar-refractivity contribution >= 4 is 17.6 Å². The van der Waals surface area contributed by atoms with Gasteiger partial charge in [0.15, 0.2) is 0 Å². The maximum Gasteiger partial charge on any atom is 0.416 e. The fourth-order valence-corrected chi connectivity index (χ4v) is 7.82. The van der Waals surface area contributed by atoms with E-state index in [9.17, 15) is 22.8 Å². The lowest BCUT2D eigenvalue weighted by Gasteiger charge is -2.33.